The van der Waals surface area contributed by atoms with Gasteiger partial charge in [-0.05, 0) is 62.0 Å². The molecule has 4 rings (SSSR count). The quantitative estimate of drug-likeness (QED) is 0.440. The van der Waals surface area contributed by atoms with Crippen LogP contribution in [0.25, 0.3) is 0 Å². The second-order valence-corrected chi connectivity index (χ2v) is 10.5. The Hall–Kier alpha value is -2.19. The molecular formula is C26H33N3O2S2. The molecule has 0 unspecified atom stereocenters. The lowest BCUT2D eigenvalue weighted by Crippen LogP contribution is -2.47. The number of carbonyl (C=O) groups excluding carboxylic acids is 1. The number of thiophene rings is 2. The number of likely N-dealkylation sites (N-methyl/N-ethyl adjacent to an activating group) is 1. The number of amides is 1. The van der Waals surface area contributed by atoms with Gasteiger partial charge in [0, 0.05) is 36.6 Å². The van der Waals surface area contributed by atoms with E-state index >= 15 is 0 Å². The van der Waals surface area contributed by atoms with E-state index in [0.29, 0.717) is 6.61 Å². The van der Waals surface area contributed by atoms with Crippen LogP contribution in [0.3, 0.4) is 0 Å². The molecule has 1 aromatic carbocycles. The number of carbonyl (C=O) groups is 1. The summed E-state index contributed by atoms with van der Waals surface area (Å²) in [4.78, 5) is 20.0. The summed E-state index contributed by atoms with van der Waals surface area (Å²) in [6.45, 7) is 14.4. The monoisotopic (exact) mass is 483 g/mol. The number of hydrogen-bond acceptors (Lipinski definition) is 6. The summed E-state index contributed by atoms with van der Waals surface area (Å²) in [6, 6.07) is 12.4. The minimum Gasteiger partial charge on any atom is -0.494 e. The first-order chi connectivity index (χ1) is 16.0. The number of piperazine rings is 1. The summed E-state index contributed by atoms with van der Waals surface area (Å²) in [5, 5.41) is 6.14. The fraction of sp³-hybridized carbons (Fsp3) is 0.423. The van der Waals surface area contributed by atoms with Crippen molar-refractivity contribution >= 4 is 33.6 Å². The molecule has 0 saturated carbocycles. The molecule has 3 heterocycles. The molecule has 1 fully saturated rings. The molecule has 1 saturated heterocycles. The largest absolute Gasteiger partial charge is 0.494 e. The van der Waals surface area contributed by atoms with Crippen molar-refractivity contribution in [3.63, 3.8) is 0 Å². The Morgan fingerprint density at radius 1 is 1.09 bits per heavy atom. The molecule has 176 valence electrons. The van der Waals surface area contributed by atoms with Crippen LogP contribution in [-0.4, -0.2) is 55.0 Å². The molecule has 1 N–H and O–H groups in total. The Morgan fingerprint density at radius 3 is 2.42 bits per heavy atom. The van der Waals surface area contributed by atoms with Gasteiger partial charge in [-0.2, -0.15) is 0 Å². The highest BCUT2D eigenvalue weighted by atomic mass is 32.1. The molecule has 0 spiro atoms. The van der Waals surface area contributed by atoms with E-state index in [2.05, 4.69) is 60.2 Å². The molecule has 7 heteroatoms. The van der Waals surface area contributed by atoms with Crippen molar-refractivity contribution in [3.8, 4) is 5.75 Å². The smallest absolute Gasteiger partial charge is 0.266 e. The van der Waals surface area contributed by atoms with E-state index in [4.69, 9.17) is 4.74 Å². The summed E-state index contributed by atoms with van der Waals surface area (Å²) in [5.41, 5.74) is 3.71. The SMILES string of the molecule is CCOc1ccc([C@@H](c2c(NC(=O)c3cccs3)sc(C)c2C)N2CCN(CC)CC2)cc1. The zero-order valence-electron chi connectivity index (χ0n) is 19.9. The molecule has 2 aromatic heterocycles. The van der Waals surface area contributed by atoms with Crippen molar-refractivity contribution in [3.05, 3.63) is 68.2 Å². The molecule has 1 aliphatic rings. The fourth-order valence-corrected chi connectivity index (χ4v) is 6.16. The molecule has 1 atom stereocenters. The number of nitrogens with zero attached hydrogens (tertiary/aromatic N) is 2. The first kappa shape index (κ1) is 24.0. The highest BCUT2D eigenvalue weighted by Crippen LogP contribution is 2.43. The van der Waals surface area contributed by atoms with Crippen molar-refractivity contribution in [2.45, 2.75) is 33.7 Å². The van der Waals surface area contributed by atoms with Crippen molar-refractivity contribution in [2.75, 3.05) is 44.6 Å². The maximum Gasteiger partial charge on any atom is 0.266 e. The normalized spacial score (nSPS) is 16.0. The zero-order valence-corrected chi connectivity index (χ0v) is 21.5. The minimum absolute atomic E-state index is 0.0336. The van der Waals surface area contributed by atoms with E-state index in [1.54, 1.807) is 11.3 Å². The van der Waals surface area contributed by atoms with E-state index in [-0.39, 0.29) is 11.9 Å². The number of aryl methyl sites for hydroxylation is 1. The van der Waals surface area contributed by atoms with Crippen LogP contribution in [0.4, 0.5) is 5.00 Å². The molecule has 5 nitrogen and oxygen atoms in total. The maximum atomic E-state index is 13.0. The molecule has 33 heavy (non-hydrogen) atoms. The van der Waals surface area contributed by atoms with Crippen molar-refractivity contribution in [2.24, 2.45) is 0 Å². The van der Waals surface area contributed by atoms with Gasteiger partial charge >= 0.3 is 0 Å². The van der Waals surface area contributed by atoms with Crippen LogP contribution >= 0.6 is 22.7 Å². The van der Waals surface area contributed by atoms with Crippen molar-refractivity contribution < 1.29 is 9.53 Å². The number of nitrogens with one attached hydrogen (secondary N) is 1. The van der Waals surface area contributed by atoms with Gasteiger partial charge in [-0.3, -0.25) is 9.69 Å². The van der Waals surface area contributed by atoms with Crippen LogP contribution in [0.15, 0.2) is 41.8 Å². The average molecular weight is 484 g/mol. The third-order valence-electron chi connectivity index (χ3n) is 6.40. The lowest BCUT2D eigenvalue weighted by Gasteiger charge is -2.39. The van der Waals surface area contributed by atoms with Gasteiger partial charge in [0.05, 0.1) is 17.5 Å². The lowest BCUT2D eigenvalue weighted by atomic mass is 9.94. The zero-order chi connectivity index (χ0) is 23.4. The molecular weight excluding hydrogens is 450 g/mol. The second-order valence-electron chi connectivity index (χ2n) is 8.33. The molecule has 1 amide bonds. The van der Waals surface area contributed by atoms with E-state index in [1.165, 1.54) is 32.9 Å². The number of benzene rings is 1. The van der Waals surface area contributed by atoms with Crippen LogP contribution in [-0.2, 0) is 0 Å². The first-order valence-corrected chi connectivity index (χ1v) is 13.3. The third kappa shape index (κ3) is 5.32. The molecule has 1 aliphatic heterocycles. The van der Waals surface area contributed by atoms with Crippen LogP contribution in [0.1, 0.15) is 51.1 Å². The molecule has 0 bridgehead atoms. The standard InChI is InChI=1S/C26H33N3O2S2/c1-5-28-13-15-29(16-14-28)24(20-9-11-21(12-10-20)31-6-2)23-18(3)19(4)33-26(23)27-25(30)22-8-7-17-32-22/h7-12,17,24H,5-6,13-16H2,1-4H3,(H,27,30)/t24-/m0/s1. The summed E-state index contributed by atoms with van der Waals surface area (Å²) in [5.74, 6) is 0.856. The maximum absolute atomic E-state index is 13.0. The van der Waals surface area contributed by atoms with Gasteiger partial charge in [0.1, 0.15) is 10.8 Å². The highest BCUT2D eigenvalue weighted by Gasteiger charge is 2.31. The number of anilines is 1. The van der Waals surface area contributed by atoms with Gasteiger partial charge in [-0.1, -0.05) is 25.1 Å². The number of rotatable bonds is 8. The fourth-order valence-electron chi connectivity index (χ4n) is 4.45. The number of ether oxygens (including phenoxy) is 1. The van der Waals surface area contributed by atoms with E-state index < -0.39 is 0 Å². The third-order valence-corrected chi connectivity index (χ3v) is 8.41. The minimum atomic E-state index is -0.0336. The van der Waals surface area contributed by atoms with Gasteiger partial charge in [0.25, 0.3) is 5.91 Å². The van der Waals surface area contributed by atoms with Crippen LogP contribution in [0, 0.1) is 13.8 Å². The predicted molar refractivity (Wildman–Crippen MR) is 139 cm³/mol. The summed E-state index contributed by atoms with van der Waals surface area (Å²) < 4.78 is 5.69. The number of hydrogen-bond donors (Lipinski definition) is 1. The van der Waals surface area contributed by atoms with Gasteiger partial charge in [0.2, 0.25) is 0 Å². The Kier molecular flexibility index (Phi) is 7.86. The first-order valence-electron chi connectivity index (χ1n) is 11.7. The molecule has 0 radical (unpaired) electrons. The van der Waals surface area contributed by atoms with Crippen LogP contribution in [0.5, 0.6) is 5.75 Å². The lowest BCUT2D eigenvalue weighted by molar-refractivity contribution is 0.102. The summed E-state index contributed by atoms with van der Waals surface area (Å²) in [6.07, 6.45) is 0. The molecule has 3 aromatic rings. The predicted octanol–water partition coefficient (Wildman–Crippen LogP) is 5.80. The summed E-state index contributed by atoms with van der Waals surface area (Å²) in [7, 11) is 0. The van der Waals surface area contributed by atoms with E-state index in [0.717, 1.165) is 48.4 Å². The Balaban J connectivity index is 1.72. The van der Waals surface area contributed by atoms with Gasteiger partial charge in [-0.15, -0.1) is 22.7 Å². The van der Waals surface area contributed by atoms with Gasteiger partial charge in [-0.25, -0.2) is 0 Å². The van der Waals surface area contributed by atoms with Crippen LogP contribution < -0.4 is 10.1 Å². The van der Waals surface area contributed by atoms with E-state index in [1.807, 2.05) is 24.4 Å². The molecule has 0 aliphatic carbocycles. The Morgan fingerprint density at radius 2 is 1.82 bits per heavy atom. The van der Waals surface area contributed by atoms with Crippen molar-refractivity contribution in [1.29, 1.82) is 0 Å². The van der Waals surface area contributed by atoms with Gasteiger partial charge < -0.3 is 15.0 Å². The topological polar surface area (TPSA) is 44.8 Å². The Bertz CT molecular complexity index is 1050. The Labute approximate surface area is 205 Å². The summed E-state index contributed by atoms with van der Waals surface area (Å²) >= 11 is 3.15. The average Bonchev–Trinajstić information content (AvgIpc) is 3.46. The van der Waals surface area contributed by atoms with Gasteiger partial charge in [0.15, 0.2) is 0 Å². The second kappa shape index (κ2) is 10.8. The highest BCUT2D eigenvalue weighted by molar-refractivity contribution is 7.17. The van der Waals surface area contributed by atoms with E-state index in [9.17, 15) is 4.79 Å². The van der Waals surface area contributed by atoms with Crippen molar-refractivity contribution in [1.82, 2.24) is 9.80 Å². The van der Waals surface area contributed by atoms with Crippen LogP contribution in [0.2, 0.25) is 0 Å².